The molecule has 3 saturated carbocycles. The minimum Gasteiger partial charge on any atom is -0.508 e. The topological polar surface area (TPSA) is 60.7 Å². The minimum absolute atomic E-state index is 0.0574. The molecular formula is C23H32O3. The van der Waals surface area contributed by atoms with E-state index in [9.17, 15) is 15.3 Å². The summed E-state index contributed by atoms with van der Waals surface area (Å²) in [5.74, 6) is 3.03. The highest BCUT2D eigenvalue weighted by molar-refractivity contribution is 5.41. The lowest BCUT2D eigenvalue weighted by molar-refractivity contribution is -0.122. The molecule has 0 aromatic heterocycles. The van der Waals surface area contributed by atoms with Gasteiger partial charge in [0.2, 0.25) is 0 Å². The summed E-state index contributed by atoms with van der Waals surface area (Å²) >= 11 is 0. The molecule has 3 fully saturated rings. The van der Waals surface area contributed by atoms with E-state index < -0.39 is 5.60 Å². The van der Waals surface area contributed by atoms with Gasteiger partial charge in [-0.25, -0.2) is 0 Å². The van der Waals surface area contributed by atoms with Crippen molar-refractivity contribution in [1.29, 1.82) is 0 Å². The third-order valence-electron chi connectivity index (χ3n) is 9.11. The summed E-state index contributed by atoms with van der Waals surface area (Å²) < 4.78 is 0. The van der Waals surface area contributed by atoms with Gasteiger partial charge in [-0.3, -0.25) is 0 Å². The number of hydrogen-bond acceptors (Lipinski definition) is 3. The average Bonchev–Trinajstić information content (AvgIpc) is 3.01. The van der Waals surface area contributed by atoms with Gasteiger partial charge in [0.25, 0.3) is 0 Å². The molecule has 26 heavy (non-hydrogen) atoms. The van der Waals surface area contributed by atoms with Gasteiger partial charge in [0.05, 0.1) is 11.7 Å². The maximum atomic E-state index is 11.6. The van der Waals surface area contributed by atoms with Crippen LogP contribution in [0.25, 0.3) is 0 Å². The van der Waals surface area contributed by atoms with Crippen LogP contribution in [-0.4, -0.2) is 27.0 Å². The summed E-state index contributed by atoms with van der Waals surface area (Å²) in [4.78, 5) is 0. The highest BCUT2D eigenvalue weighted by Crippen LogP contribution is 2.70. The van der Waals surface area contributed by atoms with Crippen molar-refractivity contribution >= 4 is 0 Å². The fourth-order valence-electron chi connectivity index (χ4n) is 7.91. The van der Waals surface area contributed by atoms with Crippen molar-refractivity contribution in [2.75, 3.05) is 0 Å². The van der Waals surface area contributed by atoms with E-state index in [0.717, 1.165) is 38.5 Å². The number of hydrogen-bond donors (Lipinski definition) is 3. The van der Waals surface area contributed by atoms with E-state index in [1.807, 2.05) is 12.1 Å². The summed E-state index contributed by atoms with van der Waals surface area (Å²) in [6.07, 6.45) is 6.50. The summed E-state index contributed by atoms with van der Waals surface area (Å²) in [6, 6.07) is 5.99. The number of fused-ring (bicyclic) bond motifs is 7. The van der Waals surface area contributed by atoms with E-state index in [0.29, 0.717) is 35.8 Å². The standard InChI is InChI=1S/C23H32O3/c1-3-13-8-14-9-16(24)4-5-18(14)19-6-7-22(2)20(21(13)19)11-15-10-17(25)12-23(15,22)26/h4-5,9,13,15,17,19-21,24-26H,3,6-8,10-12H2,1-2H3/t13-,15-,17+,19?,20?,21?,22+,23+/m1/s1. The van der Waals surface area contributed by atoms with Gasteiger partial charge in [0, 0.05) is 6.42 Å². The molecule has 3 nitrogen and oxygen atoms in total. The van der Waals surface area contributed by atoms with Crippen LogP contribution in [0.15, 0.2) is 18.2 Å². The molecule has 8 atom stereocenters. The van der Waals surface area contributed by atoms with Gasteiger partial charge in [-0.1, -0.05) is 26.3 Å². The first-order chi connectivity index (χ1) is 12.4. The molecule has 0 radical (unpaired) electrons. The van der Waals surface area contributed by atoms with Crippen LogP contribution in [-0.2, 0) is 6.42 Å². The first-order valence-electron chi connectivity index (χ1n) is 10.6. The fraction of sp³-hybridized carbons (Fsp3) is 0.739. The molecule has 3 heteroatoms. The average molecular weight is 357 g/mol. The van der Waals surface area contributed by atoms with E-state index in [-0.39, 0.29) is 17.4 Å². The Bertz CT molecular complexity index is 730. The second kappa shape index (κ2) is 5.48. The van der Waals surface area contributed by atoms with Crippen LogP contribution in [0.1, 0.15) is 69.4 Å². The molecule has 4 aliphatic rings. The number of benzene rings is 1. The largest absolute Gasteiger partial charge is 0.508 e. The molecule has 1 aromatic carbocycles. The Morgan fingerprint density at radius 1 is 1.23 bits per heavy atom. The summed E-state index contributed by atoms with van der Waals surface area (Å²) in [6.45, 7) is 4.63. The van der Waals surface area contributed by atoms with Gasteiger partial charge in [0.1, 0.15) is 5.75 Å². The Morgan fingerprint density at radius 3 is 2.81 bits per heavy atom. The molecule has 0 heterocycles. The van der Waals surface area contributed by atoms with E-state index >= 15 is 0 Å². The number of phenolic OH excluding ortho intramolecular Hbond substituents is 1. The van der Waals surface area contributed by atoms with Crippen molar-refractivity contribution in [3.8, 4) is 5.75 Å². The molecule has 0 spiro atoms. The van der Waals surface area contributed by atoms with Gasteiger partial charge in [-0.05, 0) is 90.4 Å². The van der Waals surface area contributed by atoms with E-state index in [1.54, 1.807) is 0 Å². The Labute approximate surface area is 156 Å². The van der Waals surface area contributed by atoms with Crippen LogP contribution in [0.2, 0.25) is 0 Å². The number of aliphatic hydroxyl groups is 2. The van der Waals surface area contributed by atoms with Crippen molar-refractivity contribution in [2.24, 2.45) is 29.1 Å². The predicted octanol–water partition coefficient (Wildman–Crippen LogP) is 4.00. The Hall–Kier alpha value is -1.06. The number of rotatable bonds is 1. The van der Waals surface area contributed by atoms with Gasteiger partial charge in [-0.15, -0.1) is 0 Å². The molecule has 1 aromatic rings. The van der Waals surface area contributed by atoms with Crippen molar-refractivity contribution in [3.63, 3.8) is 0 Å². The van der Waals surface area contributed by atoms with Crippen molar-refractivity contribution in [1.82, 2.24) is 0 Å². The summed E-state index contributed by atoms with van der Waals surface area (Å²) in [5, 5.41) is 31.8. The van der Waals surface area contributed by atoms with Crippen LogP contribution >= 0.6 is 0 Å². The molecule has 142 valence electrons. The predicted molar refractivity (Wildman–Crippen MR) is 101 cm³/mol. The Balaban J connectivity index is 1.57. The summed E-state index contributed by atoms with van der Waals surface area (Å²) in [7, 11) is 0. The number of aliphatic hydroxyl groups excluding tert-OH is 1. The summed E-state index contributed by atoms with van der Waals surface area (Å²) in [5.41, 5.74) is 2.06. The first-order valence-corrected chi connectivity index (χ1v) is 10.6. The highest BCUT2D eigenvalue weighted by Gasteiger charge is 2.68. The maximum absolute atomic E-state index is 11.6. The zero-order valence-corrected chi connectivity index (χ0v) is 16.0. The van der Waals surface area contributed by atoms with E-state index in [4.69, 9.17) is 0 Å². The Morgan fingerprint density at radius 2 is 2.04 bits per heavy atom. The van der Waals surface area contributed by atoms with Crippen LogP contribution in [0.3, 0.4) is 0 Å². The van der Waals surface area contributed by atoms with Gasteiger partial charge in [0.15, 0.2) is 0 Å². The van der Waals surface area contributed by atoms with Crippen LogP contribution < -0.4 is 0 Å². The van der Waals surface area contributed by atoms with Crippen molar-refractivity contribution < 1.29 is 15.3 Å². The van der Waals surface area contributed by atoms with E-state index in [2.05, 4.69) is 19.9 Å². The van der Waals surface area contributed by atoms with Crippen LogP contribution in [0, 0.1) is 29.1 Å². The van der Waals surface area contributed by atoms with E-state index in [1.165, 1.54) is 11.1 Å². The van der Waals surface area contributed by atoms with Crippen LogP contribution in [0.4, 0.5) is 0 Å². The highest BCUT2D eigenvalue weighted by atomic mass is 16.3. The SMILES string of the molecule is CC[C@@H]1Cc2cc(O)ccc2C2CC[C@@]3(C)C(C[C@H]4C[C@H](O)C[C@]43O)C21. The Kier molecular flexibility index (Phi) is 3.60. The lowest BCUT2D eigenvalue weighted by Crippen LogP contribution is -2.53. The molecule has 0 bridgehead atoms. The smallest absolute Gasteiger partial charge is 0.115 e. The first kappa shape index (κ1) is 17.1. The third-order valence-corrected chi connectivity index (χ3v) is 9.11. The number of aromatic hydroxyl groups is 1. The zero-order chi connectivity index (χ0) is 18.3. The van der Waals surface area contributed by atoms with Crippen molar-refractivity contribution in [2.45, 2.75) is 76.4 Å². The second-order valence-corrected chi connectivity index (χ2v) is 9.95. The fourth-order valence-corrected chi connectivity index (χ4v) is 7.91. The van der Waals surface area contributed by atoms with Crippen molar-refractivity contribution in [3.05, 3.63) is 29.3 Å². The lowest BCUT2D eigenvalue weighted by atomic mass is 9.50. The van der Waals surface area contributed by atoms with Gasteiger partial charge < -0.3 is 15.3 Å². The molecule has 5 rings (SSSR count). The third kappa shape index (κ3) is 2.02. The normalized spacial score (nSPS) is 49.2. The molecule has 0 aliphatic heterocycles. The molecule has 3 unspecified atom stereocenters. The number of phenols is 1. The minimum atomic E-state index is -0.671. The molecule has 0 saturated heterocycles. The monoisotopic (exact) mass is 356 g/mol. The molecular weight excluding hydrogens is 324 g/mol. The van der Waals surface area contributed by atoms with Crippen LogP contribution in [0.5, 0.6) is 5.75 Å². The second-order valence-electron chi connectivity index (χ2n) is 9.95. The van der Waals surface area contributed by atoms with Gasteiger partial charge >= 0.3 is 0 Å². The molecule has 3 N–H and O–H groups in total. The lowest BCUT2D eigenvalue weighted by Gasteiger charge is -2.55. The maximum Gasteiger partial charge on any atom is 0.115 e. The van der Waals surface area contributed by atoms with Gasteiger partial charge in [-0.2, -0.15) is 0 Å². The quantitative estimate of drug-likeness (QED) is 0.713. The molecule has 0 amide bonds. The zero-order valence-electron chi connectivity index (χ0n) is 16.0. The molecule has 4 aliphatic carbocycles.